The first-order chi connectivity index (χ1) is 17.1. The molecule has 7 heteroatoms. The van der Waals surface area contributed by atoms with Crippen molar-refractivity contribution in [2.75, 3.05) is 11.5 Å². The van der Waals surface area contributed by atoms with Crippen LogP contribution in [-0.4, -0.2) is 34.4 Å². The molecule has 4 rings (SSSR count). The molecule has 35 heavy (non-hydrogen) atoms. The van der Waals surface area contributed by atoms with Gasteiger partial charge in [0, 0.05) is 24.1 Å². The van der Waals surface area contributed by atoms with Gasteiger partial charge in [-0.15, -0.1) is 0 Å². The first-order valence-corrected chi connectivity index (χ1v) is 12.3. The van der Waals surface area contributed by atoms with Gasteiger partial charge in [0.15, 0.2) is 0 Å². The van der Waals surface area contributed by atoms with Crippen molar-refractivity contribution in [1.29, 1.82) is 0 Å². The highest BCUT2D eigenvalue weighted by molar-refractivity contribution is 6.09. The van der Waals surface area contributed by atoms with E-state index in [0.29, 0.717) is 23.6 Å². The number of nitrogens with zero attached hydrogens (tertiary/aromatic N) is 3. The van der Waals surface area contributed by atoms with Crippen LogP contribution in [0.5, 0.6) is 5.75 Å². The number of amides is 2. The third-order valence-corrected chi connectivity index (χ3v) is 6.28. The molecule has 1 aromatic heterocycles. The van der Waals surface area contributed by atoms with Crippen LogP contribution in [0.3, 0.4) is 0 Å². The monoisotopic (exact) mass is 472 g/mol. The van der Waals surface area contributed by atoms with Gasteiger partial charge in [-0.05, 0) is 56.5 Å². The van der Waals surface area contributed by atoms with E-state index in [4.69, 9.17) is 4.74 Å². The summed E-state index contributed by atoms with van der Waals surface area (Å²) >= 11 is 0. The van der Waals surface area contributed by atoms with Crippen LogP contribution in [0.1, 0.15) is 66.7 Å². The Kier molecular flexibility index (Phi) is 8.08. The van der Waals surface area contributed by atoms with E-state index in [1.165, 1.54) is 29.9 Å². The number of aromatic nitrogens is 2. The van der Waals surface area contributed by atoms with E-state index in [9.17, 15) is 9.59 Å². The Hall–Kier alpha value is -3.74. The molecule has 0 saturated heterocycles. The maximum absolute atomic E-state index is 13.9. The summed E-state index contributed by atoms with van der Waals surface area (Å²) in [6.45, 7) is 4.46. The fourth-order valence-corrected chi connectivity index (χ4v) is 4.48. The molecule has 0 spiro atoms. The van der Waals surface area contributed by atoms with Crippen molar-refractivity contribution in [3.8, 4) is 5.75 Å². The maximum atomic E-state index is 13.9. The van der Waals surface area contributed by atoms with Gasteiger partial charge >= 0.3 is 0 Å². The van der Waals surface area contributed by atoms with Crippen LogP contribution in [0.2, 0.25) is 0 Å². The molecule has 1 atom stereocenters. The van der Waals surface area contributed by atoms with Gasteiger partial charge < -0.3 is 10.1 Å². The van der Waals surface area contributed by atoms with E-state index in [2.05, 4.69) is 15.3 Å². The molecule has 0 unspecified atom stereocenters. The molecule has 2 aromatic carbocycles. The van der Waals surface area contributed by atoms with Crippen LogP contribution < -0.4 is 15.0 Å². The number of ether oxygens (including phenoxy) is 1. The third kappa shape index (κ3) is 6.04. The zero-order chi connectivity index (χ0) is 24.6. The molecule has 182 valence electrons. The van der Waals surface area contributed by atoms with E-state index in [-0.39, 0.29) is 23.6 Å². The van der Waals surface area contributed by atoms with Gasteiger partial charge in [-0.1, -0.05) is 49.1 Å². The fraction of sp³-hybridized carbons (Fsp3) is 0.357. The number of aryl methyl sites for hydroxylation is 1. The zero-order valence-corrected chi connectivity index (χ0v) is 20.3. The highest BCUT2D eigenvalue weighted by Crippen LogP contribution is 2.31. The first-order valence-electron chi connectivity index (χ1n) is 12.3. The summed E-state index contributed by atoms with van der Waals surface area (Å²) in [5.41, 5.74) is 2.54. The lowest BCUT2D eigenvalue weighted by Crippen LogP contribution is -2.47. The lowest BCUT2D eigenvalue weighted by molar-refractivity contribution is -0.123. The number of hydrogen-bond donors (Lipinski definition) is 1. The van der Waals surface area contributed by atoms with Crippen LogP contribution in [0, 0.1) is 6.92 Å². The number of carbonyl (C=O) groups is 2. The van der Waals surface area contributed by atoms with Gasteiger partial charge in [-0.25, -0.2) is 4.98 Å². The molecule has 1 fully saturated rings. The van der Waals surface area contributed by atoms with Gasteiger partial charge in [0.05, 0.1) is 12.8 Å². The number of carbonyl (C=O) groups excluding carboxylic acids is 2. The highest BCUT2D eigenvalue weighted by Gasteiger charge is 2.35. The molecular formula is C28H32N4O3. The molecule has 0 radical (unpaired) electrons. The van der Waals surface area contributed by atoms with E-state index >= 15 is 0 Å². The number of benzene rings is 2. The van der Waals surface area contributed by atoms with Crippen LogP contribution in [-0.2, 0) is 4.79 Å². The quantitative estimate of drug-likeness (QED) is 0.498. The van der Waals surface area contributed by atoms with Crippen LogP contribution >= 0.6 is 0 Å². The topological polar surface area (TPSA) is 84.4 Å². The second kappa shape index (κ2) is 11.6. The van der Waals surface area contributed by atoms with Crippen molar-refractivity contribution in [2.24, 2.45) is 0 Å². The van der Waals surface area contributed by atoms with Gasteiger partial charge in [0.1, 0.15) is 17.5 Å². The van der Waals surface area contributed by atoms with Crippen LogP contribution in [0.25, 0.3) is 0 Å². The lowest BCUT2D eigenvalue weighted by atomic mass is 9.94. The molecule has 1 aliphatic rings. The van der Waals surface area contributed by atoms with Gasteiger partial charge in [-0.2, -0.15) is 0 Å². The second-order valence-corrected chi connectivity index (χ2v) is 8.85. The van der Waals surface area contributed by atoms with Gasteiger partial charge in [-0.3, -0.25) is 19.5 Å². The van der Waals surface area contributed by atoms with Crippen molar-refractivity contribution < 1.29 is 14.3 Å². The lowest BCUT2D eigenvalue weighted by Gasteiger charge is -2.33. The zero-order valence-electron chi connectivity index (χ0n) is 20.3. The summed E-state index contributed by atoms with van der Waals surface area (Å²) in [5, 5.41) is 3.23. The minimum absolute atomic E-state index is 0.105. The number of anilines is 1. The molecular weight excluding hydrogens is 440 g/mol. The Morgan fingerprint density at radius 3 is 2.37 bits per heavy atom. The van der Waals surface area contributed by atoms with Crippen molar-refractivity contribution in [1.82, 2.24) is 15.3 Å². The first kappa shape index (κ1) is 24.4. The Morgan fingerprint density at radius 2 is 1.74 bits per heavy atom. The van der Waals surface area contributed by atoms with E-state index in [0.717, 1.165) is 31.2 Å². The average molecular weight is 473 g/mol. The van der Waals surface area contributed by atoms with E-state index < -0.39 is 6.04 Å². The van der Waals surface area contributed by atoms with Gasteiger partial charge in [0.2, 0.25) is 5.91 Å². The highest BCUT2D eigenvalue weighted by atomic mass is 16.5. The smallest absolute Gasteiger partial charge is 0.279 e. The summed E-state index contributed by atoms with van der Waals surface area (Å²) in [4.78, 5) is 37.5. The molecule has 7 nitrogen and oxygen atoms in total. The number of hydrogen-bond acceptors (Lipinski definition) is 5. The van der Waals surface area contributed by atoms with Crippen LogP contribution in [0.4, 0.5) is 5.69 Å². The maximum Gasteiger partial charge on any atom is 0.279 e. The summed E-state index contributed by atoms with van der Waals surface area (Å²) in [6.07, 6.45) is 9.71. The summed E-state index contributed by atoms with van der Waals surface area (Å²) < 4.78 is 5.60. The molecule has 3 aromatic rings. The summed E-state index contributed by atoms with van der Waals surface area (Å²) in [7, 11) is 0. The third-order valence-electron chi connectivity index (χ3n) is 6.28. The summed E-state index contributed by atoms with van der Waals surface area (Å²) in [6, 6.07) is 14.2. The number of nitrogens with one attached hydrogen (secondary N) is 1. The molecule has 0 bridgehead atoms. The SMILES string of the molecule is CCOc1ccc([C@H](C(=O)NC2CCCCC2)N(C(=O)c2cnccn2)c2ccc(C)cc2)cc1. The van der Waals surface area contributed by atoms with Gasteiger partial charge in [0.25, 0.3) is 5.91 Å². The molecule has 1 aliphatic carbocycles. The fourth-order valence-electron chi connectivity index (χ4n) is 4.48. The average Bonchev–Trinajstić information content (AvgIpc) is 2.89. The summed E-state index contributed by atoms with van der Waals surface area (Å²) in [5.74, 6) is 0.114. The van der Waals surface area contributed by atoms with Crippen molar-refractivity contribution >= 4 is 17.5 Å². The van der Waals surface area contributed by atoms with Crippen molar-refractivity contribution in [3.63, 3.8) is 0 Å². The minimum Gasteiger partial charge on any atom is -0.494 e. The Balaban J connectivity index is 1.78. The molecule has 0 aliphatic heterocycles. The van der Waals surface area contributed by atoms with Crippen molar-refractivity contribution in [2.45, 2.75) is 58.0 Å². The van der Waals surface area contributed by atoms with E-state index in [1.807, 2.05) is 62.4 Å². The Labute approximate surface area is 206 Å². The number of rotatable bonds is 8. The molecule has 1 N–H and O–H groups in total. The largest absolute Gasteiger partial charge is 0.494 e. The standard InChI is InChI=1S/C28H32N4O3/c1-3-35-24-15-11-21(12-16-24)26(27(33)31-22-7-5-4-6-8-22)32(23-13-9-20(2)10-14-23)28(34)25-19-29-17-18-30-25/h9-19,22,26H,3-8H2,1-2H3,(H,31,33)/t26-/m1/s1. The minimum atomic E-state index is -0.884. The van der Waals surface area contributed by atoms with Crippen molar-refractivity contribution in [3.05, 3.63) is 83.9 Å². The predicted molar refractivity (Wildman–Crippen MR) is 135 cm³/mol. The molecule has 1 saturated carbocycles. The predicted octanol–water partition coefficient (Wildman–Crippen LogP) is 5.02. The van der Waals surface area contributed by atoms with E-state index in [1.54, 1.807) is 0 Å². The Bertz CT molecular complexity index is 1110. The Morgan fingerprint density at radius 1 is 1.03 bits per heavy atom. The normalized spacial score (nSPS) is 14.7. The second-order valence-electron chi connectivity index (χ2n) is 8.85. The molecule has 2 amide bonds. The molecule has 1 heterocycles. The van der Waals surface area contributed by atoms with Crippen LogP contribution in [0.15, 0.2) is 67.1 Å².